The number of anilines is 3. The van der Waals surface area contributed by atoms with E-state index in [0.29, 0.717) is 5.92 Å². The highest BCUT2D eigenvalue weighted by atomic mass is 32.1. The second-order valence-electron chi connectivity index (χ2n) is 12.9. The van der Waals surface area contributed by atoms with Gasteiger partial charge in [0.1, 0.15) is 0 Å². The number of nitrogens with zero attached hydrogens (tertiary/aromatic N) is 1. The number of benzene rings is 7. The van der Waals surface area contributed by atoms with Crippen LogP contribution in [0.15, 0.2) is 164 Å². The Morgan fingerprint density at radius 3 is 2.06 bits per heavy atom. The van der Waals surface area contributed by atoms with Crippen LogP contribution in [0, 0.1) is 0 Å². The molecule has 1 aliphatic carbocycles. The molecule has 9 aromatic rings. The Balaban J connectivity index is 1.10. The van der Waals surface area contributed by atoms with E-state index >= 15 is 0 Å². The number of hydrogen-bond acceptors (Lipinski definition) is 3. The molecule has 0 aliphatic heterocycles. The molecule has 0 radical (unpaired) electrons. The van der Waals surface area contributed by atoms with Crippen LogP contribution in [-0.4, -0.2) is 0 Å². The molecule has 1 nitrogen and oxygen atoms in total. The van der Waals surface area contributed by atoms with E-state index in [0.717, 1.165) is 17.8 Å². The topological polar surface area (TPSA) is 3.24 Å². The number of fused-ring (bicyclic) bond motifs is 7. The molecule has 1 aliphatic rings. The van der Waals surface area contributed by atoms with Crippen LogP contribution in [0.1, 0.15) is 21.9 Å². The Bertz CT molecular complexity index is 2700. The van der Waals surface area contributed by atoms with E-state index in [4.69, 9.17) is 0 Å². The highest BCUT2D eigenvalue weighted by molar-refractivity contribution is 7.25. The first-order chi connectivity index (χ1) is 24.3. The summed E-state index contributed by atoms with van der Waals surface area (Å²) in [6.07, 6.45) is 5.77. The number of para-hydroxylation sites is 1. The monoisotopic (exact) mass is 661 g/mol. The normalized spacial score (nSPS) is 14.2. The van der Waals surface area contributed by atoms with Gasteiger partial charge >= 0.3 is 0 Å². The Morgan fingerprint density at radius 2 is 1.18 bits per heavy atom. The third-order valence-corrected chi connectivity index (χ3v) is 12.4. The van der Waals surface area contributed by atoms with E-state index in [1.807, 2.05) is 22.7 Å². The van der Waals surface area contributed by atoms with Crippen LogP contribution in [-0.2, 0) is 6.42 Å². The lowest BCUT2D eigenvalue weighted by Crippen LogP contribution is -2.12. The minimum Gasteiger partial charge on any atom is -0.309 e. The molecule has 49 heavy (non-hydrogen) atoms. The molecular weight excluding hydrogens is 631 g/mol. The van der Waals surface area contributed by atoms with Crippen LogP contribution in [0.25, 0.3) is 58.2 Å². The highest BCUT2D eigenvalue weighted by Crippen LogP contribution is 2.46. The standard InChI is InChI=1S/C46H31NS2/c1-2-12-35-31(10-1)11-9-17-42(35)47(34-24-20-30(21-25-34)32-22-26-45-39(28-32)37-14-4-7-18-43(37)48-45)41-16-6-3-13-36(41)33-23-27-46-40(29-33)38-15-5-8-19-44(38)49-46/h1-27,29,32H,28H2. The zero-order valence-corrected chi connectivity index (χ0v) is 28.3. The fourth-order valence-corrected chi connectivity index (χ4v) is 9.91. The molecule has 0 amide bonds. The van der Waals surface area contributed by atoms with Crippen molar-refractivity contribution in [2.75, 3.05) is 4.90 Å². The smallest absolute Gasteiger partial charge is 0.0540 e. The van der Waals surface area contributed by atoms with Crippen molar-refractivity contribution >= 4 is 86.8 Å². The minimum atomic E-state index is 0.352. The van der Waals surface area contributed by atoms with Crippen molar-refractivity contribution in [2.45, 2.75) is 12.3 Å². The summed E-state index contributed by atoms with van der Waals surface area (Å²) in [5, 5.41) is 6.51. The number of rotatable bonds is 5. The third kappa shape index (κ3) is 4.81. The molecule has 1 unspecified atom stereocenters. The number of thiophene rings is 2. The summed E-state index contributed by atoms with van der Waals surface area (Å²) in [6.45, 7) is 0. The van der Waals surface area contributed by atoms with Gasteiger partial charge in [-0.2, -0.15) is 0 Å². The van der Waals surface area contributed by atoms with E-state index in [2.05, 4.69) is 175 Å². The van der Waals surface area contributed by atoms with Crippen LogP contribution in [0.2, 0.25) is 0 Å². The molecule has 2 heterocycles. The van der Waals surface area contributed by atoms with Crippen LogP contribution in [0.4, 0.5) is 17.1 Å². The molecule has 0 spiro atoms. The van der Waals surface area contributed by atoms with Crippen LogP contribution >= 0.6 is 22.7 Å². The third-order valence-electron chi connectivity index (χ3n) is 10.1. The molecule has 7 aromatic carbocycles. The van der Waals surface area contributed by atoms with Gasteiger partial charge in [-0.1, -0.05) is 115 Å². The lowest BCUT2D eigenvalue weighted by molar-refractivity contribution is 0.837. The molecule has 232 valence electrons. The van der Waals surface area contributed by atoms with Crippen LogP contribution in [0.3, 0.4) is 0 Å². The summed E-state index contributed by atoms with van der Waals surface area (Å²) in [7, 11) is 0. The largest absolute Gasteiger partial charge is 0.309 e. The van der Waals surface area contributed by atoms with E-state index in [1.54, 1.807) is 0 Å². The van der Waals surface area contributed by atoms with Gasteiger partial charge in [-0.05, 0) is 88.5 Å². The van der Waals surface area contributed by atoms with Crippen molar-refractivity contribution in [2.24, 2.45) is 0 Å². The predicted octanol–water partition coefficient (Wildman–Crippen LogP) is 13.9. The van der Waals surface area contributed by atoms with Crippen molar-refractivity contribution in [3.8, 4) is 11.1 Å². The van der Waals surface area contributed by atoms with E-state index in [1.165, 1.54) is 73.8 Å². The molecule has 0 saturated heterocycles. The molecule has 10 rings (SSSR count). The Hall–Kier alpha value is -5.48. The lowest BCUT2D eigenvalue weighted by atomic mass is 9.87. The van der Waals surface area contributed by atoms with Crippen LogP contribution < -0.4 is 4.90 Å². The molecule has 3 heteroatoms. The average Bonchev–Trinajstić information content (AvgIpc) is 3.73. The second kappa shape index (κ2) is 11.6. The van der Waals surface area contributed by atoms with Gasteiger partial charge in [-0.15, -0.1) is 22.7 Å². The summed E-state index contributed by atoms with van der Waals surface area (Å²) in [4.78, 5) is 3.86. The molecule has 1 atom stereocenters. The molecular formula is C46H31NS2. The van der Waals surface area contributed by atoms with E-state index < -0.39 is 0 Å². The summed E-state index contributed by atoms with van der Waals surface area (Å²) in [5.74, 6) is 0.352. The summed E-state index contributed by atoms with van der Waals surface area (Å²) in [6, 6.07) is 58.1. The first-order valence-electron chi connectivity index (χ1n) is 16.9. The maximum atomic E-state index is 2.46. The predicted molar refractivity (Wildman–Crippen MR) is 214 cm³/mol. The first kappa shape index (κ1) is 28.5. The van der Waals surface area contributed by atoms with Gasteiger partial charge in [0.25, 0.3) is 0 Å². The number of allylic oxidation sites excluding steroid dienone is 1. The minimum absolute atomic E-state index is 0.352. The summed E-state index contributed by atoms with van der Waals surface area (Å²) in [5.41, 5.74) is 8.75. The van der Waals surface area contributed by atoms with Crippen molar-refractivity contribution < 1.29 is 0 Å². The zero-order valence-electron chi connectivity index (χ0n) is 26.7. The van der Waals surface area contributed by atoms with E-state index in [-0.39, 0.29) is 0 Å². The van der Waals surface area contributed by atoms with Gasteiger partial charge in [0, 0.05) is 52.3 Å². The van der Waals surface area contributed by atoms with Crippen molar-refractivity contribution in [1.29, 1.82) is 0 Å². The number of hydrogen-bond donors (Lipinski definition) is 0. The molecule has 2 aromatic heterocycles. The maximum absolute atomic E-state index is 2.46. The molecule has 0 N–H and O–H groups in total. The van der Waals surface area contributed by atoms with Crippen molar-refractivity contribution in [1.82, 2.24) is 0 Å². The highest BCUT2D eigenvalue weighted by Gasteiger charge is 2.22. The maximum Gasteiger partial charge on any atom is 0.0540 e. The Morgan fingerprint density at radius 1 is 0.510 bits per heavy atom. The summed E-state index contributed by atoms with van der Waals surface area (Å²) < 4.78 is 4.03. The fourth-order valence-electron chi connectivity index (χ4n) is 7.67. The SMILES string of the molecule is C1=CC(c2ccc(N(c3ccccc3-c3ccc4sc5ccccc5c4c3)c3cccc4ccccc34)cc2)Cc2c1sc1ccccc21. The molecule has 0 fully saturated rings. The fraction of sp³-hybridized carbons (Fsp3) is 0.0435. The second-order valence-corrected chi connectivity index (χ2v) is 15.0. The lowest BCUT2D eigenvalue weighted by Gasteiger charge is -2.29. The quantitative estimate of drug-likeness (QED) is 0.177. The molecule has 0 saturated carbocycles. The van der Waals surface area contributed by atoms with Crippen molar-refractivity contribution in [3.63, 3.8) is 0 Å². The van der Waals surface area contributed by atoms with Crippen molar-refractivity contribution in [3.05, 3.63) is 180 Å². The van der Waals surface area contributed by atoms with Gasteiger partial charge in [-0.3, -0.25) is 0 Å². The summed E-state index contributed by atoms with van der Waals surface area (Å²) >= 11 is 3.77. The van der Waals surface area contributed by atoms with Crippen LogP contribution in [0.5, 0.6) is 0 Å². The van der Waals surface area contributed by atoms with Gasteiger partial charge in [-0.25, -0.2) is 0 Å². The molecule has 0 bridgehead atoms. The Labute approximate surface area is 293 Å². The average molecular weight is 662 g/mol. The van der Waals surface area contributed by atoms with Gasteiger partial charge < -0.3 is 4.90 Å². The van der Waals surface area contributed by atoms with E-state index in [9.17, 15) is 0 Å². The van der Waals surface area contributed by atoms with Gasteiger partial charge in [0.15, 0.2) is 0 Å². The van der Waals surface area contributed by atoms with Gasteiger partial charge in [0.05, 0.1) is 11.4 Å². The Kier molecular flexibility index (Phi) is 6.75. The first-order valence-corrected chi connectivity index (χ1v) is 18.5. The van der Waals surface area contributed by atoms with Gasteiger partial charge in [0.2, 0.25) is 0 Å². The zero-order chi connectivity index (χ0) is 32.3.